The van der Waals surface area contributed by atoms with Gasteiger partial charge in [-0.15, -0.1) is 0 Å². The molecule has 0 radical (unpaired) electrons. The maximum Gasteiger partial charge on any atom is 0.223 e. The van der Waals surface area contributed by atoms with Crippen molar-refractivity contribution in [3.63, 3.8) is 0 Å². The molecule has 96 valence electrons. The summed E-state index contributed by atoms with van der Waals surface area (Å²) in [5.41, 5.74) is 0. The molecule has 1 N–H and O–H groups in total. The SMILES string of the molecule is CC(Br)CNC(=O)C1C2CC3CC(C2)CC1C3. The van der Waals surface area contributed by atoms with E-state index in [-0.39, 0.29) is 0 Å². The van der Waals surface area contributed by atoms with Crippen molar-refractivity contribution in [2.24, 2.45) is 29.6 Å². The third kappa shape index (κ3) is 2.27. The number of halogens is 1. The Morgan fingerprint density at radius 1 is 1.18 bits per heavy atom. The molecule has 4 bridgehead atoms. The second-order valence-corrected chi connectivity index (χ2v) is 8.05. The highest BCUT2D eigenvalue weighted by atomic mass is 79.9. The lowest BCUT2D eigenvalue weighted by Gasteiger charge is -2.53. The summed E-state index contributed by atoms with van der Waals surface area (Å²) < 4.78 is 0. The number of carbonyl (C=O) groups is 1. The van der Waals surface area contributed by atoms with Crippen LogP contribution in [0, 0.1) is 29.6 Å². The lowest BCUT2D eigenvalue weighted by atomic mass is 9.51. The highest BCUT2D eigenvalue weighted by molar-refractivity contribution is 9.09. The molecule has 4 aliphatic carbocycles. The Morgan fingerprint density at radius 3 is 2.18 bits per heavy atom. The van der Waals surface area contributed by atoms with E-state index in [0.717, 1.165) is 18.4 Å². The van der Waals surface area contributed by atoms with Gasteiger partial charge in [-0.05, 0) is 55.8 Å². The summed E-state index contributed by atoms with van der Waals surface area (Å²) in [6.07, 6.45) is 6.77. The quantitative estimate of drug-likeness (QED) is 0.798. The monoisotopic (exact) mass is 299 g/mol. The van der Waals surface area contributed by atoms with Crippen molar-refractivity contribution >= 4 is 21.8 Å². The summed E-state index contributed by atoms with van der Waals surface area (Å²) in [5, 5.41) is 3.12. The Kier molecular flexibility index (Phi) is 3.22. The van der Waals surface area contributed by atoms with Crippen molar-refractivity contribution in [3.8, 4) is 0 Å². The molecule has 0 heterocycles. The molecule has 0 aromatic heterocycles. The normalized spacial score (nSPS) is 44.7. The second-order valence-electron chi connectivity index (χ2n) is 6.48. The predicted octanol–water partition coefficient (Wildman–Crippen LogP) is 2.96. The van der Waals surface area contributed by atoms with Crippen molar-refractivity contribution in [1.82, 2.24) is 5.32 Å². The van der Waals surface area contributed by atoms with Crippen molar-refractivity contribution in [2.45, 2.75) is 43.9 Å². The Morgan fingerprint density at radius 2 is 1.71 bits per heavy atom. The molecule has 0 aromatic carbocycles. The van der Waals surface area contributed by atoms with Crippen molar-refractivity contribution in [3.05, 3.63) is 0 Å². The maximum absolute atomic E-state index is 12.3. The maximum atomic E-state index is 12.3. The molecule has 3 heteroatoms. The average Bonchev–Trinajstić information content (AvgIpc) is 2.24. The van der Waals surface area contributed by atoms with Crippen LogP contribution >= 0.6 is 15.9 Å². The molecule has 0 spiro atoms. The van der Waals surface area contributed by atoms with Gasteiger partial charge in [0.2, 0.25) is 5.91 Å². The van der Waals surface area contributed by atoms with Crippen molar-refractivity contribution < 1.29 is 4.79 Å². The number of amides is 1. The van der Waals surface area contributed by atoms with Gasteiger partial charge in [-0.2, -0.15) is 0 Å². The van der Waals surface area contributed by atoms with Crippen molar-refractivity contribution in [1.29, 1.82) is 0 Å². The first-order chi connectivity index (χ1) is 8.13. The summed E-state index contributed by atoms with van der Waals surface area (Å²) in [6, 6.07) is 0. The van der Waals surface area contributed by atoms with Crippen LogP contribution in [0.1, 0.15) is 39.0 Å². The molecule has 1 atom stereocenters. The molecular weight excluding hydrogens is 278 g/mol. The van der Waals surface area contributed by atoms with Gasteiger partial charge in [0.05, 0.1) is 0 Å². The number of hydrogen-bond acceptors (Lipinski definition) is 1. The van der Waals surface area contributed by atoms with Crippen LogP contribution in [0.4, 0.5) is 0 Å². The molecular formula is C14H22BrNO. The summed E-state index contributed by atoms with van der Waals surface area (Å²) in [6.45, 7) is 2.85. The van der Waals surface area contributed by atoms with E-state index in [1.165, 1.54) is 32.1 Å². The minimum atomic E-state index is 0.338. The third-order valence-electron chi connectivity index (χ3n) is 5.09. The average molecular weight is 300 g/mol. The van der Waals surface area contributed by atoms with E-state index in [2.05, 4.69) is 28.2 Å². The van der Waals surface area contributed by atoms with E-state index in [1.807, 2.05) is 0 Å². The van der Waals surface area contributed by atoms with Gasteiger partial charge in [-0.3, -0.25) is 4.79 Å². The Balaban J connectivity index is 1.65. The van der Waals surface area contributed by atoms with Gasteiger partial charge in [-0.1, -0.05) is 22.9 Å². The molecule has 4 fully saturated rings. The van der Waals surface area contributed by atoms with Gasteiger partial charge in [0.15, 0.2) is 0 Å². The number of carbonyl (C=O) groups excluding carboxylic acids is 1. The molecule has 17 heavy (non-hydrogen) atoms. The predicted molar refractivity (Wildman–Crippen MR) is 71.9 cm³/mol. The summed E-state index contributed by atoms with van der Waals surface area (Å²) >= 11 is 3.49. The van der Waals surface area contributed by atoms with Crippen LogP contribution in [-0.4, -0.2) is 17.3 Å². The first-order valence-electron chi connectivity index (χ1n) is 7.05. The fourth-order valence-electron chi connectivity index (χ4n) is 4.71. The molecule has 0 aliphatic heterocycles. The van der Waals surface area contributed by atoms with Crippen LogP contribution in [0.5, 0.6) is 0 Å². The Hall–Kier alpha value is -0.0500. The molecule has 1 amide bonds. The minimum Gasteiger partial charge on any atom is -0.355 e. The molecule has 4 saturated carbocycles. The van der Waals surface area contributed by atoms with Gasteiger partial charge < -0.3 is 5.32 Å². The summed E-state index contributed by atoms with van der Waals surface area (Å²) in [5.74, 6) is 4.00. The number of nitrogens with one attached hydrogen (secondary N) is 1. The lowest BCUT2D eigenvalue weighted by Crippen LogP contribution is -2.51. The van der Waals surface area contributed by atoms with Crippen LogP contribution in [0.15, 0.2) is 0 Å². The second kappa shape index (κ2) is 4.56. The zero-order valence-electron chi connectivity index (χ0n) is 10.5. The van der Waals surface area contributed by atoms with Crippen LogP contribution < -0.4 is 5.32 Å². The van der Waals surface area contributed by atoms with Gasteiger partial charge in [0.1, 0.15) is 0 Å². The highest BCUT2D eigenvalue weighted by Gasteiger charge is 2.50. The molecule has 1 unspecified atom stereocenters. The van der Waals surface area contributed by atoms with Crippen LogP contribution in [0.25, 0.3) is 0 Å². The van der Waals surface area contributed by atoms with E-state index >= 15 is 0 Å². The Labute approximate surface area is 112 Å². The Bertz CT molecular complexity index is 287. The molecule has 0 saturated heterocycles. The van der Waals surface area contributed by atoms with Gasteiger partial charge in [0.25, 0.3) is 0 Å². The fraction of sp³-hybridized carbons (Fsp3) is 0.929. The largest absolute Gasteiger partial charge is 0.355 e. The first-order valence-corrected chi connectivity index (χ1v) is 7.96. The fourth-order valence-corrected chi connectivity index (χ4v) is 4.87. The van der Waals surface area contributed by atoms with E-state index in [9.17, 15) is 4.79 Å². The minimum absolute atomic E-state index is 0.338. The van der Waals surface area contributed by atoms with E-state index in [1.54, 1.807) is 0 Å². The highest BCUT2D eigenvalue weighted by Crippen LogP contribution is 2.56. The third-order valence-corrected chi connectivity index (χ3v) is 5.41. The number of alkyl halides is 1. The summed E-state index contributed by atoms with van der Waals surface area (Å²) in [4.78, 5) is 12.7. The number of rotatable bonds is 3. The van der Waals surface area contributed by atoms with Gasteiger partial charge >= 0.3 is 0 Å². The first kappa shape index (κ1) is 12.0. The van der Waals surface area contributed by atoms with E-state index in [4.69, 9.17) is 0 Å². The van der Waals surface area contributed by atoms with E-state index < -0.39 is 0 Å². The zero-order chi connectivity index (χ0) is 12.0. The molecule has 0 aromatic rings. The summed E-state index contributed by atoms with van der Waals surface area (Å²) in [7, 11) is 0. The van der Waals surface area contributed by atoms with Crippen LogP contribution in [0.3, 0.4) is 0 Å². The van der Waals surface area contributed by atoms with Crippen LogP contribution in [-0.2, 0) is 4.79 Å². The smallest absolute Gasteiger partial charge is 0.223 e. The van der Waals surface area contributed by atoms with Crippen molar-refractivity contribution in [2.75, 3.05) is 6.54 Å². The van der Waals surface area contributed by atoms with E-state index in [0.29, 0.717) is 28.5 Å². The van der Waals surface area contributed by atoms with Crippen LogP contribution in [0.2, 0.25) is 0 Å². The lowest BCUT2D eigenvalue weighted by molar-refractivity contribution is -0.138. The van der Waals surface area contributed by atoms with Gasteiger partial charge in [-0.25, -0.2) is 0 Å². The molecule has 2 nitrogen and oxygen atoms in total. The standard InChI is InChI=1S/C14H22BrNO/c1-8(15)7-16-14(17)13-11-3-9-2-10(5-11)6-12(13)4-9/h8-13H,2-7H2,1H3,(H,16,17). The molecule has 4 aliphatic rings. The van der Waals surface area contributed by atoms with Gasteiger partial charge in [0, 0.05) is 17.3 Å². The number of hydrogen-bond donors (Lipinski definition) is 1. The topological polar surface area (TPSA) is 29.1 Å². The molecule has 4 rings (SSSR count). The zero-order valence-corrected chi connectivity index (χ0v) is 12.1.